The molecule has 1 aliphatic rings. The van der Waals surface area contributed by atoms with E-state index in [-0.39, 0.29) is 11.9 Å². The largest absolute Gasteiger partial charge is 0.496 e. The Morgan fingerprint density at radius 2 is 2.35 bits per heavy atom. The number of carboxylic acids is 1. The van der Waals surface area contributed by atoms with Gasteiger partial charge in [0.25, 0.3) is 5.90 Å². The SMILES string of the molecule is COc1ccccc1CC1COC(C(=O)O)=N1. The standard InChI is InChI=1S/C12H13NO4/c1-16-10-5-3-2-4-8(10)6-9-7-17-11(13-9)12(14)15/h2-5,9H,6-7H2,1H3,(H,14,15). The molecule has 0 saturated heterocycles. The van der Waals surface area contributed by atoms with Gasteiger partial charge in [-0.25, -0.2) is 9.79 Å². The lowest BCUT2D eigenvalue weighted by Gasteiger charge is -2.09. The molecule has 1 aromatic carbocycles. The van der Waals surface area contributed by atoms with E-state index in [1.807, 2.05) is 24.3 Å². The van der Waals surface area contributed by atoms with Gasteiger partial charge in [0.2, 0.25) is 0 Å². The molecule has 5 heteroatoms. The van der Waals surface area contributed by atoms with Gasteiger partial charge < -0.3 is 14.6 Å². The number of carbonyl (C=O) groups is 1. The topological polar surface area (TPSA) is 68.1 Å². The first kappa shape index (κ1) is 11.4. The van der Waals surface area contributed by atoms with E-state index in [0.717, 1.165) is 11.3 Å². The fourth-order valence-electron chi connectivity index (χ4n) is 1.76. The van der Waals surface area contributed by atoms with Crippen LogP contribution in [0.4, 0.5) is 0 Å². The average Bonchev–Trinajstić information content (AvgIpc) is 2.78. The summed E-state index contributed by atoms with van der Waals surface area (Å²) in [6.45, 7) is 0.305. The van der Waals surface area contributed by atoms with Gasteiger partial charge in [0.05, 0.1) is 13.2 Å². The van der Waals surface area contributed by atoms with Crippen LogP contribution < -0.4 is 4.74 Å². The number of carboxylic acid groups (broad SMARTS) is 1. The third-order valence-electron chi connectivity index (χ3n) is 2.54. The highest BCUT2D eigenvalue weighted by Crippen LogP contribution is 2.21. The number of methoxy groups -OCH3 is 1. The molecular formula is C12H13NO4. The predicted octanol–water partition coefficient (Wildman–Crippen LogP) is 1.12. The number of hydrogen-bond donors (Lipinski definition) is 1. The Kier molecular flexibility index (Phi) is 3.27. The monoisotopic (exact) mass is 235 g/mol. The molecule has 0 radical (unpaired) electrons. The summed E-state index contributed by atoms with van der Waals surface area (Å²) in [5.74, 6) is -0.538. The third-order valence-corrected chi connectivity index (χ3v) is 2.54. The molecule has 1 unspecified atom stereocenters. The zero-order chi connectivity index (χ0) is 12.3. The molecule has 0 aliphatic carbocycles. The van der Waals surface area contributed by atoms with E-state index in [0.29, 0.717) is 13.0 Å². The maximum Gasteiger partial charge on any atom is 0.391 e. The Bertz CT molecular complexity index is 456. The van der Waals surface area contributed by atoms with Crippen LogP contribution in [0.1, 0.15) is 5.56 Å². The zero-order valence-electron chi connectivity index (χ0n) is 9.42. The minimum absolute atomic E-state index is 0.155. The molecule has 90 valence electrons. The van der Waals surface area contributed by atoms with Crippen molar-refractivity contribution in [1.82, 2.24) is 0 Å². The highest BCUT2D eigenvalue weighted by atomic mass is 16.5. The second-order valence-electron chi connectivity index (χ2n) is 3.72. The normalized spacial score (nSPS) is 18.4. The second kappa shape index (κ2) is 4.86. The molecule has 0 amide bonds. The lowest BCUT2D eigenvalue weighted by atomic mass is 10.1. The Morgan fingerprint density at radius 1 is 1.59 bits per heavy atom. The average molecular weight is 235 g/mol. The number of hydrogen-bond acceptors (Lipinski definition) is 4. The van der Waals surface area contributed by atoms with Crippen LogP contribution in [0.25, 0.3) is 0 Å². The summed E-state index contributed by atoms with van der Waals surface area (Å²) < 4.78 is 10.2. The van der Waals surface area contributed by atoms with E-state index in [1.54, 1.807) is 7.11 Å². The van der Waals surface area contributed by atoms with Crippen LogP contribution in [-0.4, -0.2) is 36.7 Å². The molecule has 1 heterocycles. The molecule has 0 fully saturated rings. The first-order valence-electron chi connectivity index (χ1n) is 5.26. The van der Waals surface area contributed by atoms with Gasteiger partial charge in [-0.3, -0.25) is 0 Å². The Morgan fingerprint density at radius 3 is 3.00 bits per heavy atom. The van der Waals surface area contributed by atoms with Gasteiger partial charge in [0.1, 0.15) is 12.4 Å². The summed E-state index contributed by atoms with van der Waals surface area (Å²) in [6.07, 6.45) is 0.612. The van der Waals surface area contributed by atoms with E-state index in [1.165, 1.54) is 0 Å². The fraction of sp³-hybridized carbons (Fsp3) is 0.333. The van der Waals surface area contributed by atoms with Crippen LogP contribution in [0.15, 0.2) is 29.3 Å². The van der Waals surface area contributed by atoms with Gasteiger partial charge in [0.15, 0.2) is 0 Å². The van der Waals surface area contributed by atoms with Gasteiger partial charge in [-0.15, -0.1) is 0 Å². The van der Waals surface area contributed by atoms with Crippen LogP contribution in [-0.2, 0) is 16.0 Å². The molecule has 1 aromatic rings. The number of ether oxygens (including phenoxy) is 2. The summed E-state index contributed by atoms with van der Waals surface area (Å²) in [6, 6.07) is 7.45. The van der Waals surface area contributed by atoms with Gasteiger partial charge in [-0.2, -0.15) is 0 Å². The Labute approximate surface area is 98.7 Å². The highest BCUT2D eigenvalue weighted by molar-refractivity contribution is 6.32. The van der Waals surface area contributed by atoms with E-state index in [4.69, 9.17) is 14.6 Å². The van der Waals surface area contributed by atoms with E-state index >= 15 is 0 Å². The number of benzene rings is 1. The van der Waals surface area contributed by atoms with Crippen molar-refractivity contribution in [1.29, 1.82) is 0 Å². The molecule has 1 atom stereocenters. The Hall–Kier alpha value is -2.04. The van der Waals surface area contributed by atoms with Crippen molar-refractivity contribution in [3.05, 3.63) is 29.8 Å². The van der Waals surface area contributed by atoms with Crippen molar-refractivity contribution < 1.29 is 19.4 Å². The summed E-state index contributed by atoms with van der Waals surface area (Å²) in [4.78, 5) is 14.6. The minimum Gasteiger partial charge on any atom is -0.496 e. The second-order valence-corrected chi connectivity index (χ2v) is 3.72. The lowest BCUT2D eigenvalue weighted by Crippen LogP contribution is -2.12. The van der Waals surface area contributed by atoms with Crippen LogP contribution in [0.2, 0.25) is 0 Å². The van der Waals surface area contributed by atoms with Crippen molar-refractivity contribution >= 4 is 11.9 Å². The molecule has 0 saturated carbocycles. The van der Waals surface area contributed by atoms with E-state index in [2.05, 4.69) is 4.99 Å². The van der Waals surface area contributed by atoms with Crippen LogP contribution in [0.5, 0.6) is 5.75 Å². The van der Waals surface area contributed by atoms with Crippen molar-refractivity contribution in [3.63, 3.8) is 0 Å². The summed E-state index contributed by atoms with van der Waals surface area (Å²) in [7, 11) is 1.61. The molecule has 17 heavy (non-hydrogen) atoms. The number of rotatable bonds is 4. The van der Waals surface area contributed by atoms with Gasteiger partial charge >= 0.3 is 5.97 Å². The summed E-state index contributed by atoms with van der Waals surface area (Å²) >= 11 is 0. The van der Waals surface area contributed by atoms with Crippen LogP contribution >= 0.6 is 0 Å². The highest BCUT2D eigenvalue weighted by Gasteiger charge is 2.24. The predicted molar refractivity (Wildman–Crippen MR) is 61.5 cm³/mol. The van der Waals surface area contributed by atoms with Crippen molar-refractivity contribution in [2.45, 2.75) is 12.5 Å². The van der Waals surface area contributed by atoms with E-state index < -0.39 is 5.97 Å². The van der Waals surface area contributed by atoms with E-state index in [9.17, 15) is 4.79 Å². The molecule has 0 aromatic heterocycles. The maximum atomic E-state index is 10.6. The number of aliphatic carboxylic acids is 1. The number of nitrogens with zero attached hydrogens (tertiary/aromatic N) is 1. The third kappa shape index (κ3) is 2.55. The molecule has 1 N–H and O–H groups in total. The first-order chi connectivity index (χ1) is 8.20. The van der Waals surface area contributed by atoms with Crippen molar-refractivity contribution in [2.24, 2.45) is 4.99 Å². The maximum absolute atomic E-state index is 10.6. The summed E-state index contributed by atoms with van der Waals surface area (Å²) in [5, 5.41) is 8.72. The zero-order valence-corrected chi connectivity index (χ0v) is 9.42. The molecular weight excluding hydrogens is 222 g/mol. The number of aliphatic imine (C=N–C) groups is 1. The fourth-order valence-corrected chi connectivity index (χ4v) is 1.76. The minimum atomic E-state index is -1.12. The number of para-hydroxylation sites is 1. The van der Waals surface area contributed by atoms with Crippen molar-refractivity contribution in [3.8, 4) is 5.75 Å². The first-order valence-corrected chi connectivity index (χ1v) is 5.26. The van der Waals surface area contributed by atoms with Crippen LogP contribution in [0, 0.1) is 0 Å². The lowest BCUT2D eigenvalue weighted by molar-refractivity contribution is -0.130. The molecule has 0 bridgehead atoms. The Balaban J connectivity index is 2.10. The molecule has 0 spiro atoms. The quantitative estimate of drug-likeness (QED) is 0.849. The van der Waals surface area contributed by atoms with Gasteiger partial charge in [-0.05, 0) is 11.6 Å². The molecule has 2 rings (SSSR count). The van der Waals surface area contributed by atoms with Crippen molar-refractivity contribution in [2.75, 3.05) is 13.7 Å². The summed E-state index contributed by atoms with van der Waals surface area (Å²) in [5.41, 5.74) is 0.999. The van der Waals surface area contributed by atoms with Gasteiger partial charge in [-0.1, -0.05) is 18.2 Å². The smallest absolute Gasteiger partial charge is 0.391 e. The van der Waals surface area contributed by atoms with Gasteiger partial charge in [0, 0.05) is 6.42 Å². The molecule has 5 nitrogen and oxygen atoms in total. The van der Waals surface area contributed by atoms with Crippen LogP contribution in [0.3, 0.4) is 0 Å². The molecule has 1 aliphatic heterocycles.